The van der Waals surface area contributed by atoms with E-state index in [4.69, 9.17) is 14.5 Å². The highest BCUT2D eigenvalue weighted by molar-refractivity contribution is 7.13. The first-order chi connectivity index (χ1) is 36.4. The molecule has 17 nitrogen and oxygen atoms in total. The molecular weight excluding hydrogens is 965 g/mol. The predicted molar refractivity (Wildman–Crippen MR) is 287 cm³/mol. The summed E-state index contributed by atoms with van der Waals surface area (Å²) in [6.07, 6.45) is 11.3. The number of anilines is 2. The normalized spacial score (nSPS) is 21.7. The lowest BCUT2D eigenvalue weighted by atomic mass is 9.67. The predicted octanol–water partition coefficient (Wildman–Crippen LogP) is 8.31. The summed E-state index contributed by atoms with van der Waals surface area (Å²) >= 11 is 1.60. The van der Waals surface area contributed by atoms with Crippen molar-refractivity contribution in [2.75, 3.05) is 49.1 Å². The average molecular weight is 1030 g/mol. The van der Waals surface area contributed by atoms with Crippen LogP contribution in [0.1, 0.15) is 117 Å². The first-order valence-electron chi connectivity index (χ1n) is 26.8. The van der Waals surface area contributed by atoms with Gasteiger partial charge >= 0.3 is 0 Å². The third-order valence-corrected chi connectivity index (χ3v) is 18.2. The van der Waals surface area contributed by atoms with Gasteiger partial charge in [0.25, 0.3) is 0 Å². The molecule has 390 valence electrons. The van der Waals surface area contributed by atoms with E-state index in [-0.39, 0.29) is 47.9 Å². The summed E-state index contributed by atoms with van der Waals surface area (Å²) in [6, 6.07) is 19.1. The number of likely N-dealkylation sites (tertiary alicyclic amines) is 2. The number of aliphatic hydroxyl groups is 1. The fourth-order valence-corrected chi connectivity index (χ4v) is 13.8. The zero-order valence-electron chi connectivity index (χ0n) is 43.2. The summed E-state index contributed by atoms with van der Waals surface area (Å²) in [5, 5.41) is 38.7. The van der Waals surface area contributed by atoms with Gasteiger partial charge in [-0.2, -0.15) is 0 Å². The molecule has 1 spiro atoms. The standard InChI is InChI=1S/C57H66N12O5S/c1-33(2)50(55(73)69-29-41(70)23-46(69)54(72)58-26-36-9-11-38(12-10-36)52-34(3)61-32-75-52)48-25-49(65-74-48)67-30-57(31-67)18-13-40(14-19-57)66-20-15-37(16-21-66)39-27-59-56(60-28-39)68-22-17-44-51(35(68)4)43-24-45(63-64-53(43)62-44)42-7-5-6-8-47(42)71/h5-12,24-25,27-28,32-33,35,37,40-41,46,50,70-71H,13-23,26,29-31H2,1-4H3,(H,58,72)(H,62,64)/t35-,41+,46-,50?/m0/s1. The maximum absolute atomic E-state index is 14.3. The number of nitrogens with zero attached hydrogens (tertiary/aromatic N) is 10. The quantitative estimate of drug-likeness (QED) is 0.0909. The third kappa shape index (κ3) is 9.43. The van der Waals surface area contributed by atoms with Gasteiger partial charge in [0.1, 0.15) is 17.7 Å². The Balaban J connectivity index is 0.611. The average Bonchev–Trinajstić information content (AvgIpc) is 4.24. The van der Waals surface area contributed by atoms with Crippen LogP contribution >= 0.6 is 11.3 Å². The van der Waals surface area contributed by atoms with Crippen LogP contribution in [0.5, 0.6) is 5.75 Å². The largest absolute Gasteiger partial charge is 0.507 e. The van der Waals surface area contributed by atoms with Gasteiger partial charge in [-0.3, -0.25) is 9.59 Å². The Morgan fingerprint density at radius 3 is 2.44 bits per heavy atom. The molecule has 2 amide bonds. The Morgan fingerprint density at radius 1 is 0.960 bits per heavy atom. The van der Waals surface area contributed by atoms with Crippen LogP contribution in [0.3, 0.4) is 0 Å². The number of fused-ring (bicyclic) bond motifs is 3. The molecule has 0 bridgehead atoms. The molecule has 1 saturated carbocycles. The number of aryl methyl sites for hydroxylation is 1. The summed E-state index contributed by atoms with van der Waals surface area (Å²) in [7, 11) is 0. The number of β-amino-alcohol motifs (C(OH)–C–C–N with tert-alkyl or cyclic N) is 1. The minimum Gasteiger partial charge on any atom is -0.507 e. The second kappa shape index (κ2) is 20.1. The van der Waals surface area contributed by atoms with Gasteiger partial charge in [0.2, 0.25) is 17.8 Å². The van der Waals surface area contributed by atoms with Crippen LogP contribution < -0.4 is 15.1 Å². The number of phenols is 1. The van der Waals surface area contributed by atoms with Crippen molar-refractivity contribution >= 4 is 46.0 Å². The van der Waals surface area contributed by atoms with Gasteiger partial charge in [0.05, 0.1) is 33.9 Å². The zero-order chi connectivity index (χ0) is 51.5. The number of aliphatic hydroxyl groups excluding tert-OH is 1. The number of piperidine rings is 1. The van der Waals surface area contributed by atoms with Crippen molar-refractivity contribution in [1.82, 2.24) is 50.4 Å². The molecule has 4 N–H and O–H groups in total. The van der Waals surface area contributed by atoms with Crippen LogP contribution in [-0.4, -0.2) is 125 Å². The van der Waals surface area contributed by atoms with Crippen LogP contribution in [0.2, 0.25) is 0 Å². The summed E-state index contributed by atoms with van der Waals surface area (Å²) in [4.78, 5) is 55.7. The van der Waals surface area contributed by atoms with Crippen molar-refractivity contribution in [2.45, 2.75) is 122 Å². The number of aromatic hydroxyl groups is 1. The van der Waals surface area contributed by atoms with Gasteiger partial charge in [0.15, 0.2) is 17.2 Å². The van der Waals surface area contributed by atoms with Crippen LogP contribution in [0.25, 0.3) is 32.7 Å². The Labute approximate surface area is 440 Å². The highest BCUT2D eigenvalue weighted by atomic mass is 32.1. The topological polar surface area (TPSA) is 206 Å². The number of phenolic OH excluding ortho intramolecular Hbond substituents is 1. The molecule has 75 heavy (non-hydrogen) atoms. The van der Waals surface area contributed by atoms with Gasteiger partial charge in [-0.25, -0.2) is 15.0 Å². The van der Waals surface area contributed by atoms with Crippen molar-refractivity contribution in [2.24, 2.45) is 11.3 Å². The molecule has 5 aromatic heterocycles. The van der Waals surface area contributed by atoms with E-state index in [1.807, 2.05) is 74.8 Å². The molecule has 12 rings (SSSR count). The monoisotopic (exact) mass is 1030 g/mol. The number of benzene rings is 2. The highest BCUT2D eigenvalue weighted by Gasteiger charge is 2.48. The summed E-state index contributed by atoms with van der Waals surface area (Å²) in [5.74, 6) is 1.35. The number of amides is 2. The van der Waals surface area contributed by atoms with Crippen LogP contribution in [0.4, 0.5) is 11.8 Å². The molecule has 4 fully saturated rings. The number of para-hydroxylation sites is 1. The van der Waals surface area contributed by atoms with Crippen molar-refractivity contribution in [1.29, 1.82) is 0 Å². The van der Waals surface area contributed by atoms with Crippen molar-refractivity contribution < 1.29 is 24.3 Å². The number of nitrogens with one attached hydrogen (secondary N) is 2. The van der Waals surface area contributed by atoms with Crippen molar-refractivity contribution in [3.05, 3.63) is 112 Å². The number of hydrogen-bond acceptors (Lipinski definition) is 15. The van der Waals surface area contributed by atoms with Crippen molar-refractivity contribution in [3.8, 4) is 27.4 Å². The van der Waals surface area contributed by atoms with Gasteiger partial charge in [-0.05, 0) is 112 Å². The number of hydrogen-bond donors (Lipinski definition) is 4. The molecule has 4 atom stereocenters. The van der Waals surface area contributed by atoms with Crippen LogP contribution in [0, 0.1) is 18.3 Å². The lowest BCUT2D eigenvalue weighted by molar-refractivity contribution is -0.141. The van der Waals surface area contributed by atoms with Crippen LogP contribution in [0.15, 0.2) is 83.1 Å². The van der Waals surface area contributed by atoms with Crippen molar-refractivity contribution in [3.63, 3.8) is 0 Å². The number of thiazole rings is 1. The fourth-order valence-electron chi connectivity index (χ4n) is 13.0. The molecular formula is C57H66N12O5S. The molecule has 5 aliphatic rings. The highest BCUT2D eigenvalue weighted by Crippen LogP contribution is 2.48. The van der Waals surface area contributed by atoms with E-state index in [1.165, 1.54) is 41.7 Å². The zero-order valence-corrected chi connectivity index (χ0v) is 44.0. The van der Waals surface area contributed by atoms with E-state index < -0.39 is 18.1 Å². The maximum Gasteiger partial charge on any atom is 0.243 e. The van der Waals surface area contributed by atoms with E-state index in [0.29, 0.717) is 35.5 Å². The van der Waals surface area contributed by atoms with Gasteiger partial charge in [-0.15, -0.1) is 21.5 Å². The van der Waals surface area contributed by atoms with Gasteiger partial charge in [-0.1, -0.05) is 55.4 Å². The Kier molecular flexibility index (Phi) is 13.1. The minimum absolute atomic E-state index is 0.0287. The molecule has 3 saturated heterocycles. The van der Waals surface area contributed by atoms with Crippen LogP contribution in [-0.2, 0) is 22.6 Å². The second-order valence-electron chi connectivity index (χ2n) is 22.2. The van der Waals surface area contributed by atoms with Gasteiger partial charge in [0, 0.05) is 97.7 Å². The first kappa shape index (κ1) is 49.1. The molecule has 1 unspecified atom stereocenters. The molecule has 18 heteroatoms. The molecule has 7 aromatic rings. The fraction of sp³-hybridized carbons (Fsp3) is 0.474. The summed E-state index contributed by atoms with van der Waals surface area (Å²) < 4.78 is 5.95. The van der Waals surface area contributed by atoms with E-state index in [0.717, 1.165) is 102 Å². The third-order valence-electron chi connectivity index (χ3n) is 17.2. The Morgan fingerprint density at radius 2 is 1.72 bits per heavy atom. The molecule has 1 aliphatic carbocycles. The SMILES string of the molecule is Cc1ncsc1-c1ccc(CNC(=O)[C@@H]2C[C@@H](O)CN2C(=O)C(c2cc(N3CC4(CCC(N5CCC(c6cnc(N7CCc8[nH]c9nnc(-c%10ccccc%10O)cc9c8[C@@H]7C)nc6)CC5)CC4)C3)no2)C(C)C)cc1. The number of H-pyrrole nitrogens is 1. The number of carbonyl (C=O) groups excluding carboxylic acids is 2. The molecule has 2 aromatic carbocycles. The van der Waals surface area contributed by atoms with E-state index >= 15 is 0 Å². The lowest BCUT2D eigenvalue weighted by Gasteiger charge is -2.54. The van der Waals surface area contributed by atoms with E-state index in [9.17, 15) is 19.8 Å². The molecule has 9 heterocycles. The number of aromatic amines is 1. The molecule has 4 aliphatic heterocycles. The summed E-state index contributed by atoms with van der Waals surface area (Å²) in [5.41, 5.74) is 10.7. The maximum atomic E-state index is 14.3. The Hall–Kier alpha value is -6.76. The minimum atomic E-state index is -0.790. The number of carbonyl (C=O) groups is 2. The number of aromatic nitrogens is 7. The summed E-state index contributed by atoms with van der Waals surface area (Å²) in [6.45, 7) is 13.4. The van der Waals surface area contributed by atoms with E-state index in [2.05, 4.69) is 64.7 Å². The first-order valence-corrected chi connectivity index (χ1v) is 27.7. The lowest BCUT2D eigenvalue weighted by Crippen LogP contribution is -2.59. The smallest absolute Gasteiger partial charge is 0.243 e. The number of rotatable bonds is 12. The van der Waals surface area contributed by atoms with Gasteiger partial charge < -0.3 is 44.6 Å². The van der Waals surface area contributed by atoms with E-state index in [1.54, 1.807) is 23.5 Å². The Bertz CT molecular complexity index is 3180. The molecule has 0 radical (unpaired) electrons. The second-order valence-corrected chi connectivity index (χ2v) is 23.1.